The van der Waals surface area contributed by atoms with Crippen molar-refractivity contribution in [1.82, 2.24) is 9.29 Å². The van der Waals surface area contributed by atoms with E-state index in [1.54, 1.807) is 18.3 Å². The van der Waals surface area contributed by atoms with E-state index in [0.29, 0.717) is 17.0 Å². The van der Waals surface area contributed by atoms with Crippen LogP contribution in [0.5, 0.6) is 0 Å². The fraction of sp³-hybridized carbons (Fsp3) is 0.333. The molecular weight excluding hydrogens is 358 g/mol. The second-order valence-corrected chi connectivity index (χ2v) is 9.25. The number of anilines is 1. The van der Waals surface area contributed by atoms with Gasteiger partial charge in [-0.15, -0.1) is 0 Å². The molecule has 1 aromatic heterocycles. The van der Waals surface area contributed by atoms with Crippen LogP contribution in [0.15, 0.2) is 59.6 Å². The van der Waals surface area contributed by atoms with E-state index in [9.17, 15) is 8.42 Å². The number of hydrogen-bond acceptors (Lipinski definition) is 4. The lowest BCUT2D eigenvalue weighted by Gasteiger charge is -2.38. The van der Waals surface area contributed by atoms with Crippen molar-refractivity contribution in [2.45, 2.75) is 37.8 Å². The van der Waals surface area contributed by atoms with Crippen molar-refractivity contribution in [1.29, 1.82) is 0 Å². The number of rotatable bonds is 3. The highest BCUT2D eigenvalue weighted by Gasteiger charge is 2.25. The average Bonchev–Trinajstić information content (AvgIpc) is 3.06. The Bertz CT molecular complexity index is 1080. The van der Waals surface area contributed by atoms with E-state index in [4.69, 9.17) is 0 Å². The molecule has 1 saturated heterocycles. The molecule has 2 unspecified atom stereocenters. The smallest absolute Gasteiger partial charge is 0.268 e. The number of nitrogens with one attached hydrogen (secondary N) is 1. The van der Waals surface area contributed by atoms with Gasteiger partial charge in [-0.25, -0.2) is 12.4 Å². The molecule has 1 aliphatic rings. The standard InChI is InChI=1S/C21H25N3O2S/c1-15-7-4-5-10-21(15)27(25,26)24-12-11-18-19(8-6-9-20(18)24)23-13-16(2)22-17(3)14-23/h4-12,16-17,22H,13-14H2,1-3H3. The van der Waals surface area contributed by atoms with Gasteiger partial charge < -0.3 is 10.2 Å². The van der Waals surface area contributed by atoms with E-state index in [2.05, 4.69) is 30.1 Å². The molecule has 1 N–H and O–H groups in total. The highest BCUT2D eigenvalue weighted by atomic mass is 32.2. The zero-order valence-corrected chi connectivity index (χ0v) is 16.7. The van der Waals surface area contributed by atoms with Gasteiger partial charge in [0.2, 0.25) is 0 Å². The number of aryl methyl sites for hydroxylation is 1. The molecule has 5 nitrogen and oxygen atoms in total. The first kappa shape index (κ1) is 18.1. The van der Waals surface area contributed by atoms with E-state index in [-0.39, 0.29) is 0 Å². The lowest BCUT2D eigenvalue weighted by molar-refractivity contribution is 0.407. The Morgan fingerprint density at radius 2 is 1.67 bits per heavy atom. The molecule has 0 spiro atoms. The van der Waals surface area contributed by atoms with Crippen molar-refractivity contribution in [2.24, 2.45) is 0 Å². The summed E-state index contributed by atoms with van der Waals surface area (Å²) in [5.74, 6) is 0. The van der Waals surface area contributed by atoms with E-state index in [1.807, 2.05) is 37.3 Å². The molecule has 0 saturated carbocycles. The van der Waals surface area contributed by atoms with Crippen molar-refractivity contribution < 1.29 is 8.42 Å². The third kappa shape index (κ3) is 3.13. The van der Waals surface area contributed by atoms with Crippen LogP contribution in [-0.4, -0.2) is 37.6 Å². The molecule has 1 fully saturated rings. The summed E-state index contributed by atoms with van der Waals surface area (Å²) < 4.78 is 27.9. The highest BCUT2D eigenvalue weighted by molar-refractivity contribution is 7.90. The van der Waals surface area contributed by atoms with Gasteiger partial charge in [0.25, 0.3) is 10.0 Å². The Hall–Kier alpha value is -2.31. The summed E-state index contributed by atoms with van der Waals surface area (Å²) in [6, 6.07) is 15.7. The molecule has 1 aliphatic heterocycles. The summed E-state index contributed by atoms with van der Waals surface area (Å²) in [7, 11) is -3.64. The summed E-state index contributed by atoms with van der Waals surface area (Å²) >= 11 is 0. The Kier molecular flexibility index (Phi) is 4.48. The van der Waals surface area contributed by atoms with Gasteiger partial charge >= 0.3 is 0 Å². The molecule has 0 amide bonds. The van der Waals surface area contributed by atoms with E-state index < -0.39 is 10.0 Å². The maximum absolute atomic E-state index is 13.3. The first-order chi connectivity index (χ1) is 12.9. The SMILES string of the molecule is Cc1ccccc1S(=O)(=O)n1ccc2c(N3CC(C)NC(C)C3)cccc21. The van der Waals surface area contributed by atoms with Crippen LogP contribution in [-0.2, 0) is 10.0 Å². The molecule has 2 heterocycles. The van der Waals surface area contributed by atoms with Crippen LogP contribution >= 0.6 is 0 Å². The molecule has 0 bridgehead atoms. The molecule has 0 radical (unpaired) electrons. The third-order valence-electron chi connectivity index (χ3n) is 5.20. The summed E-state index contributed by atoms with van der Waals surface area (Å²) in [6.07, 6.45) is 1.67. The number of nitrogens with zero attached hydrogens (tertiary/aromatic N) is 2. The van der Waals surface area contributed by atoms with Gasteiger partial charge in [-0.3, -0.25) is 0 Å². The Balaban J connectivity index is 1.83. The Morgan fingerprint density at radius 1 is 0.963 bits per heavy atom. The lowest BCUT2D eigenvalue weighted by Crippen LogP contribution is -2.54. The van der Waals surface area contributed by atoms with Crippen molar-refractivity contribution in [2.75, 3.05) is 18.0 Å². The van der Waals surface area contributed by atoms with Crippen LogP contribution in [0, 0.1) is 6.92 Å². The first-order valence-electron chi connectivity index (χ1n) is 9.30. The number of fused-ring (bicyclic) bond motifs is 1. The van der Waals surface area contributed by atoms with E-state index >= 15 is 0 Å². The minimum Gasteiger partial charge on any atom is -0.368 e. The predicted octanol–water partition coefficient (Wildman–Crippen LogP) is 3.37. The monoisotopic (exact) mass is 383 g/mol. The number of hydrogen-bond donors (Lipinski definition) is 1. The van der Waals surface area contributed by atoms with Crippen LogP contribution in [0.25, 0.3) is 10.9 Å². The minimum absolute atomic E-state index is 0.345. The number of benzene rings is 2. The molecule has 0 aliphatic carbocycles. The molecule has 6 heteroatoms. The topological polar surface area (TPSA) is 54.3 Å². The molecule has 2 aromatic carbocycles. The largest absolute Gasteiger partial charge is 0.368 e. The summed E-state index contributed by atoms with van der Waals surface area (Å²) in [4.78, 5) is 2.69. The summed E-state index contributed by atoms with van der Waals surface area (Å²) in [5, 5.41) is 4.51. The Morgan fingerprint density at radius 3 is 2.37 bits per heavy atom. The highest BCUT2D eigenvalue weighted by Crippen LogP contribution is 2.31. The van der Waals surface area contributed by atoms with Crippen molar-refractivity contribution in [3.63, 3.8) is 0 Å². The molecular formula is C21H25N3O2S. The maximum atomic E-state index is 13.3. The fourth-order valence-electron chi connectivity index (χ4n) is 4.09. The van der Waals surface area contributed by atoms with Gasteiger partial charge in [0, 0.05) is 42.4 Å². The first-order valence-corrected chi connectivity index (χ1v) is 10.7. The van der Waals surface area contributed by atoms with E-state index in [1.165, 1.54) is 3.97 Å². The van der Waals surface area contributed by atoms with E-state index in [0.717, 1.165) is 35.2 Å². The zero-order chi connectivity index (χ0) is 19.2. The second-order valence-electron chi connectivity index (χ2n) is 7.47. The fourth-order valence-corrected chi connectivity index (χ4v) is 5.66. The molecule has 4 rings (SSSR count). The van der Waals surface area contributed by atoms with Crippen LogP contribution in [0.2, 0.25) is 0 Å². The van der Waals surface area contributed by atoms with Gasteiger partial charge in [0.1, 0.15) is 0 Å². The minimum atomic E-state index is -3.64. The van der Waals surface area contributed by atoms with Crippen LogP contribution in [0.3, 0.4) is 0 Å². The summed E-state index contributed by atoms with van der Waals surface area (Å²) in [5.41, 5.74) is 2.56. The lowest BCUT2D eigenvalue weighted by atomic mass is 10.1. The zero-order valence-electron chi connectivity index (χ0n) is 15.9. The average molecular weight is 384 g/mol. The van der Waals surface area contributed by atoms with Crippen LogP contribution in [0.4, 0.5) is 5.69 Å². The van der Waals surface area contributed by atoms with Gasteiger partial charge in [-0.1, -0.05) is 24.3 Å². The van der Waals surface area contributed by atoms with Crippen molar-refractivity contribution in [3.05, 3.63) is 60.3 Å². The van der Waals surface area contributed by atoms with Crippen LogP contribution in [0.1, 0.15) is 19.4 Å². The maximum Gasteiger partial charge on any atom is 0.268 e. The molecule has 3 aromatic rings. The predicted molar refractivity (Wildman–Crippen MR) is 110 cm³/mol. The van der Waals surface area contributed by atoms with Crippen molar-refractivity contribution >= 4 is 26.6 Å². The van der Waals surface area contributed by atoms with Gasteiger partial charge in [-0.2, -0.15) is 0 Å². The molecule has 27 heavy (non-hydrogen) atoms. The van der Waals surface area contributed by atoms with Gasteiger partial charge in [-0.05, 0) is 50.6 Å². The summed E-state index contributed by atoms with van der Waals surface area (Å²) in [6.45, 7) is 7.99. The quantitative estimate of drug-likeness (QED) is 0.753. The number of piperazine rings is 1. The number of aromatic nitrogens is 1. The second kappa shape index (κ2) is 6.69. The normalized spacial score (nSPS) is 20.9. The Labute approximate surface area is 160 Å². The van der Waals surface area contributed by atoms with Gasteiger partial charge in [0.15, 0.2) is 0 Å². The molecule has 2 atom stereocenters. The third-order valence-corrected chi connectivity index (χ3v) is 7.05. The van der Waals surface area contributed by atoms with Crippen molar-refractivity contribution in [3.8, 4) is 0 Å². The molecule has 142 valence electrons. The van der Waals surface area contributed by atoms with Gasteiger partial charge in [0.05, 0.1) is 10.4 Å². The van der Waals surface area contributed by atoms with Crippen LogP contribution < -0.4 is 10.2 Å².